The van der Waals surface area contributed by atoms with Crippen molar-refractivity contribution in [3.05, 3.63) is 29.3 Å². The number of carbonyl (C=O) groups is 1. The molecule has 0 aliphatic carbocycles. The summed E-state index contributed by atoms with van der Waals surface area (Å²) in [5.41, 5.74) is 2.14. The molecule has 2 fully saturated rings. The van der Waals surface area contributed by atoms with E-state index in [4.69, 9.17) is 14.2 Å². The van der Waals surface area contributed by atoms with E-state index < -0.39 is 0 Å². The Labute approximate surface area is 143 Å². The summed E-state index contributed by atoms with van der Waals surface area (Å²) >= 11 is 0. The molecule has 1 aromatic rings. The first-order valence-electron chi connectivity index (χ1n) is 8.78. The second-order valence-electron chi connectivity index (χ2n) is 6.89. The number of hydrogen-bond acceptors (Lipinski definition) is 4. The molecule has 3 rings (SSSR count). The molecule has 5 heteroatoms. The zero-order valence-corrected chi connectivity index (χ0v) is 14.6. The molecule has 2 heterocycles. The molecule has 2 aliphatic heterocycles. The van der Waals surface area contributed by atoms with E-state index in [-0.39, 0.29) is 24.2 Å². The van der Waals surface area contributed by atoms with Gasteiger partial charge < -0.3 is 19.5 Å². The van der Waals surface area contributed by atoms with Crippen LogP contribution in [0.3, 0.4) is 0 Å². The van der Waals surface area contributed by atoms with Gasteiger partial charge in [0.2, 0.25) is 0 Å². The standard InChI is InChI=1S/C19H27NO4/c1-14-4-3-5-17(15(14)2)23-13-18(21)20-16-6-9-24-19(12-16)7-10-22-11-8-19/h3-5,16H,6-13H2,1-2H3,(H,20,21)/t16-/m1/s1. The molecule has 5 nitrogen and oxygen atoms in total. The summed E-state index contributed by atoms with van der Waals surface area (Å²) in [6.45, 7) is 6.29. The van der Waals surface area contributed by atoms with Crippen LogP contribution in [-0.2, 0) is 14.3 Å². The van der Waals surface area contributed by atoms with Gasteiger partial charge in [-0.05, 0) is 56.7 Å². The molecule has 1 atom stereocenters. The van der Waals surface area contributed by atoms with Crippen molar-refractivity contribution in [2.45, 2.75) is 51.2 Å². The molecule has 24 heavy (non-hydrogen) atoms. The summed E-state index contributed by atoms with van der Waals surface area (Å²) in [5, 5.41) is 3.11. The number of benzene rings is 1. The van der Waals surface area contributed by atoms with Crippen LogP contribution < -0.4 is 10.1 Å². The predicted molar refractivity (Wildman–Crippen MR) is 91.3 cm³/mol. The van der Waals surface area contributed by atoms with Gasteiger partial charge in [0.1, 0.15) is 5.75 Å². The quantitative estimate of drug-likeness (QED) is 0.920. The number of ether oxygens (including phenoxy) is 3. The molecule has 2 saturated heterocycles. The molecule has 132 valence electrons. The van der Waals surface area contributed by atoms with E-state index in [9.17, 15) is 4.79 Å². The first-order chi connectivity index (χ1) is 11.6. The lowest BCUT2D eigenvalue weighted by molar-refractivity contribution is -0.144. The average molecular weight is 333 g/mol. The van der Waals surface area contributed by atoms with Crippen LogP contribution in [0.2, 0.25) is 0 Å². The van der Waals surface area contributed by atoms with E-state index in [1.165, 1.54) is 5.56 Å². The van der Waals surface area contributed by atoms with Crippen molar-refractivity contribution in [2.75, 3.05) is 26.4 Å². The normalized spacial score (nSPS) is 23.0. The zero-order chi connectivity index (χ0) is 17.0. The first kappa shape index (κ1) is 17.2. The molecule has 1 spiro atoms. The van der Waals surface area contributed by atoms with E-state index in [0.29, 0.717) is 6.61 Å². The van der Waals surface area contributed by atoms with Crippen LogP contribution in [0.25, 0.3) is 0 Å². The lowest BCUT2D eigenvalue weighted by Gasteiger charge is -2.43. The second kappa shape index (κ2) is 7.53. The van der Waals surface area contributed by atoms with Gasteiger partial charge in [0.25, 0.3) is 5.91 Å². The minimum absolute atomic E-state index is 0.0533. The summed E-state index contributed by atoms with van der Waals surface area (Å²) in [6.07, 6.45) is 3.56. The molecule has 1 N–H and O–H groups in total. The van der Waals surface area contributed by atoms with Gasteiger partial charge in [-0.1, -0.05) is 12.1 Å². The zero-order valence-electron chi connectivity index (χ0n) is 14.6. The highest BCUT2D eigenvalue weighted by molar-refractivity contribution is 5.77. The van der Waals surface area contributed by atoms with Crippen molar-refractivity contribution in [3.63, 3.8) is 0 Å². The van der Waals surface area contributed by atoms with Crippen LogP contribution in [0.5, 0.6) is 5.75 Å². The maximum absolute atomic E-state index is 12.3. The van der Waals surface area contributed by atoms with Crippen molar-refractivity contribution in [3.8, 4) is 5.75 Å². The fourth-order valence-electron chi connectivity index (χ4n) is 3.54. The van der Waals surface area contributed by atoms with Crippen LogP contribution in [0.15, 0.2) is 18.2 Å². The SMILES string of the molecule is Cc1cccc(OCC(=O)N[C@@H]2CCOC3(CCOCC3)C2)c1C. The van der Waals surface area contributed by atoms with Gasteiger partial charge in [-0.3, -0.25) is 4.79 Å². The molecule has 1 amide bonds. The number of aryl methyl sites for hydroxylation is 1. The molecule has 0 radical (unpaired) electrons. The summed E-state index contributed by atoms with van der Waals surface area (Å²) in [4.78, 5) is 12.3. The Hall–Kier alpha value is -1.59. The largest absolute Gasteiger partial charge is 0.483 e. The highest BCUT2D eigenvalue weighted by Gasteiger charge is 2.39. The molecule has 0 bridgehead atoms. The monoisotopic (exact) mass is 333 g/mol. The summed E-state index contributed by atoms with van der Waals surface area (Å²) in [5.74, 6) is 0.711. The van der Waals surface area contributed by atoms with Gasteiger partial charge in [-0.15, -0.1) is 0 Å². The smallest absolute Gasteiger partial charge is 0.258 e. The molecule has 1 aromatic carbocycles. The maximum Gasteiger partial charge on any atom is 0.258 e. The third-order valence-corrected chi connectivity index (χ3v) is 5.18. The first-order valence-corrected chi connectivity index (χ1v) is 8.78. The fraction of sp³-hybridized carbons (Fsp3) is 0.632. The summed E-state index contributed by atoms with van der Waals surface area (Å²) < 4.78 is 17.1. The maximum atomic E-state index is 12.3. The Morgan fingerprint density at radius 2 is 2.08 bits per heavy atom. The molecule has 0 saturated carbocycles. The highest BCUT2D eigenvalue weighted by atomic mass is 16.5. The number of hydrogen-bond donors (Lipinski definition) is 1. The van der Waals surface area contributed by atoms with Gasteiger partial charge in [0.15, 0.2) is 6.61 Å². The fourth-order valence-corrected chi connectivity index (χ4v) is 3.54. The third kappa shape index (κ3) is 4.08. The van der Waals surface area contributed by atoms with E-state index in [0.717, 1.165) is 50.2 Å². The second-order valence-corrected chi connectivity index (χ2v) is 6.89. The Morgan fingerprint density at radius 3 is 2.88 bits per heavy atom. The lowest BCUT2D eigenvalue weighted by atomic mass is 9.84. The van der Waals surface area contributed by atoms with Crippen LogP contribution in [0.4, 0.5) is 0 Å². The van der Waals surface area contributed by atoms with Gasteiger partial charge >= 0.3 is 0 Å². The molecule has 0 aromatic heterocycles. The lowest BCUT2D eigenvalue weighted by Crippen LogP contribution is -2.51. The predicted octanol–water partition coefficient (Wildman–Crippen LogP) is 2.53. The molecule has 2 aliphatic rings. The average Bonchev–Trinajstić information content (AvgIpc) is 2.57. The van der Waals surface area contributed by atoms with Crippen molar-refractivity contribution < 1.29 is 19.0 Å². The van der Waals surface area contributed by atoms with E-state index in [1.807, 2.05) is 32.0 Å². The van der Waals surface area contributed by atoms with Crippen molar-refractivity contribution in [1.82, 2.24) is 5.32 Å². The van der Waals surface area contributed by atoms with Crippen molar-refractivity contribution in [1.29, 1.82) is 0 Å². The van der Waals surface area contributed by atoms with Crippen LogP contribution in [0, 0.1) is 13.8 Å². The Kier molecular flexibility index (Phi) is 5.41. The molecule has 0 unspecified atom stereocenters. The Bertz CT molecular complexity index is 575. The van der Waals surface area contributed by atoms with Crippen molar-refractivity contribution in [2.24, 2.45) is 0 Å². The number of nitrogens with one attached hydrogen (secondary N) is 1. The van der Waals surface area contributed by atoms with Crippen LogP contribution >= 0.6 is 0 Å². The van der Waals surface area contributed by atoms with Gasteiger partial charge in [0.05, 0.1) is 5.60 Å². The van der Waals surface area contributed by atoms with E-state index >= 15 is 0 Å². The van der Waals surface area contributed by atoms with Gasteiger partial charge in [0, 0.05) is 25.9 Å². The van der Waals surface area contributed by atoms with Crippen LogP contribution in [0.1, 0.15) is 36.8 Å². The number of amides is 1. The minimum Gasteiger partial charge on any atom is -0.483 e. The van der Waals surface area contributed by atoms with E-state index in [2.05, 4.69) is 5.32 Å². The number of rotatable bonds is 4. The van der Waals surface area contributed by atoms with Gasteiger partial charge in [-0.2, -0.15) is 0 Å². The third-order valence-electron chi connectivity index (χ3n) is 5.18. The highest BCUT2D eigenvalue weighted by Crippen LogP contribution is 2.34. The Morgan fingerprint density at radius 1 is 1.29 bits per heavy atom. The van der Waals surface area contributed by atoms with Crippen molar-refractivity contribution >= 4 is 5.91 Å². The van der Waals surface area contributed by atoms with Crippen LogP contribution in [-0.4, -0.2) is 44.0 Å². The molecular formula is C19H27NO4. The number of carbonyl (C=O) groups excluding carboxylic acids is 1. The topological polar surface area (TPSA) is 56.8 Å². The summed E-state index contributed by atoms with van der Waals surface area (Å²) in [6, 6.07) is 6.05. The molecular weight excluding hydrogens is 306 g/mol. The van der Waals surface area contributed by atoms with E-state index in [1.54, 1.807) is 0 Å². The minimum atomic E-state index is -0.109. The Balaban J connectivity index is 1.50. The summed E-state index contributed by atoms with van der Waals surface area (Å²) in [7, 11) is 0. The van der Waals surface area contributed by atoms with Gasteiger partial charge in [-0.25, -0.2) is 0 Å².